The van der Waals surface area contributed by atoms with Crippen LogP contribution in [0.25, 0.3) is 16.7 Å². The second-order valence-corrected chi connectivity index (χ2v) is 5.50. The lowest BCUT2D eigenvalue weighted by molar-refractivity contribution is 0.269. The molecule has 0 aliphatic heterocycles. The highest BCUT2D eigenvalue weighted by atomic mass is 79.9. The van der Waals surface area contributed by atoms with Crippen LogP contribution in [0.2, 0.25) is 0 Å². The normalized spacial score (nSPS) is 11.0. The van der Waals surface area contributed by atoms with E-state index in [1.165, 1.54) is 0 Å². The first-order chi connectivity index (χ1) is 10.1. The van der Waals surface area contributed by atoms with Crippen molar-refractivity contribution >= 4 is 32.7 Å². The molecule has 21 heavy (non-hydrogen) atoms. The van der Waals surface area contributed by atoms with Gasteiger partial charge in [-0.1, -0.05) is 15.9 Å². The Morgan fingerprint density at radius 3 is 2.81 bits per heavy atom. The second kappa shape index (κ2) is 5.38. The smallest absolute Gasteiger partial charge is 0.142 e. The number of aliphatic hydroxyl groups excluding tert-OH is 1. The van der Waals surface area contributed by atoms with Crippen LogP contribution in [0.4, 0.5) is 5.69 Å². The summed E-state index contributed by atoms with van der Waals surface area (Å²) in [6, 6.07) is 11.2. The maximum atomic E-state index is 9.62. The third kappa shape index (κ3) is 2.36. The van der Waals surface area contributed by atoms with Gasteiger partial charge in [-0.2, -0.15) is 0 Å². The van der Waals surface area contributed by atoms with Crippen LogP contribution in [-0.4, -0.2) is 21.8 Å². The minimum atomic E-state index is -0.176. The number of anilines is 1. The van der Waals surface area contributed by atoms with E-state index in [1.807, 2.05) is 34.9 Å². The van der Waals surface area contributed by atoms with Crippen molar-refractivity contribution in [1.82, 2.24) is 9.55 Å². The van der Waals surface area contributed by atoms with Crippen LogP contribution in [0.3, 0.4) is 0 Å². The lowest BCUT2D eigenvalue weighted by Gasteiger charge is -2.13. The number of methoxy groups -OCH3 is 1. The molecule has 0 aliphatic carbocycles. The fourth-order valence-corrected chi connectivity index (χ4v) is 2.71. The van der Waals surface area contributed by atoms with E-state index in [2.05, 4.69) is 20.9 Å². The van der Waals surface area contributed by atoms with Gasteiger partial charge in [-0.3, -0.25) is 4.57 Å². The number of nitrogens with two attached hydrogens (primary N) is 1. The highest BCUT2D eigenvalue weighted by molar-refractivity contribution is 9.10. The van der Waals surface area contributed by atoms with E-state index in [-0.39, 0.29) is 6.61 Å². The molecule has 1 heterocycles. The van der Waals surface area contributed by atoms with Gasteiger partial charge in [-0.05, 0) is 36.4 Å². The molecule has 0 radical (unpaired) electrons. The summed E-state index contributed by atoms with van der Waals surface area (Å²) in [5.74, 6) is 1.23. The molecule has 3 aromatic rings. The number of ether oxygens (including phenoxy) is 1. The van der Waals surface area contributed by atoms with E-state index in [0.29, 0.717) is 17.3 Å². The maximum absolute atomic E-state index is 9.62. The fraction of sp³-hybridized carbons (Fsp3) is 0.133. The first kappa shape index (κ1) is 13.9. The van der Waals surface area contributed by atoms with E-state index < -0.39 is 0 Å². The summed E-state index contributed by atoms with van der Waals surface area (Å²) in [5.41, 5.74) is 8.85. The zero-order chi connectivity index (χ0) is 15.0. The Kier molecular flexibility index (Phi) is 3.57. The molecule has 0 saturated heterocycles. The number of rotatable bonds is 3. The highest BCUT2D eigenvalue weighted by Gasteiger charge is 2.15. The van der Waals surface area contributed by atoms with Gasteiger partial charge < -0.3 is 15.6 Å². The van der Waals surface area contributed by atoms with Gasteiger partial charge >= 0.3 is 0 Å². The van der Waals surface area contributed by atoms with Crippen molar-refractivity contribution < 1.29 is 9.84 Å². The minimum absolute atomic E-state index is 0.176. The zero-order valence-electron chi connectivity index (χ0n) is 11.4. The number of hydrogen-bond donors (Lipinski definition) is 2. The predicted molar refractivity (Wildman–Crippen MR) is 85.7 cm³/mol. The SMILES string of the molecule is COc1ccc(Br)cc1-n1c(CO)nc2cc(N)ccc21. The summed E-state index contributed by atoms with van der Waals surface area (Å²) in [7, 11) is 1.61. The lowest BCUT2D eigenvalue weighted by Crippen LogP contribution is -2.03. The Balaban J connectivity index is 2.36. The summed E-state index contributed by atoms with van der Waals surface area (Å²) in [4.78, 5) is 4.44. The predicted octanol–water partition coefficient (Wildman–Crippen LogP) is 2.87. The monoisotopic (exact) mass is 347 g/mol. The van der Waals surface area contributed by atoms with Crippen LogP contribution in [-0.2, 0) is 6.61 Å². The molecular formula is C15H14BrN3O2. The number of nitrogens with zero attached hydrogens (tertiary/aromatic N) is 2. The molecule has 6 heteroatoms. The van der Waals surface area contributed by atoms with Crippen molar-refractivity contribution in [1.29, 1.82) is 0 Å². The summed E-state index contributed by atoms with van der Waals surface area (Å²) in [6.07, 6.45) is 0. The Hall–Kier alpha value is -2.05. The van der Waals surface area contributed by atoms with E-state index in [4.69, 9.17) is 10.5 Å². The third-order valence-corrected chi connectivity index (χ3v) is 3.76. The highest BCUT2D eigenvalue weighted by Crippen LogP contribution is 2.31. The average molecular weight is 348 g/mol. The van der Waals surface area contributed by atoms with Crippen molar-refractivity contribution in [2.24, 2.45) is 0 Å². The van der Waals surface area contributed by atoms with Gasteiger partial charge in [-0.15, -0.1) is 0 Å². The number of imidazole rings is 1. The molecule has 3 N–H and O–H groups in total. The van der Waals surface area contributed by atoms with Gasteiger partial charge in [0.15, 0.2) is 0 Å². The van der Waals surface area contributed by atoms with Crippen LogP contribution >= 0.6 is 15.9 Å². The topological polar surface area (TPSA) is 73.3 Å². The number of hydrogen-bond acceptors (Lipinski definition) is 4. The molecule has 1 aromatic heterocycles. The van der Waals surface area contributed by atoms with Crippen LogP contribution in [0.15, 0.2) is 40.9 Å². The molecule has 0 amide bonds. The summed E-state index contributed by atoms with van der Waals surface area (Å²) in [6.45, 7) is -0.176. The van der Waals surface area contributed by atoms with Crippen molar-refractivity contribution in [2.75, 3.05) is 12.8 Å². The standard InChI is InChI=1S/C15H14BrN3O2/c1-21-14-5-2-9(16)6-13(14)19-12-4-3-10(17)7-11(12)18-15(19)8-20/h2-7,20H,8,17H2,1H3. The summed E-state index contributed by atoms with van der Waals surface area (Å²) < 4.78 is 8.21. The van der Waals surface area contributed by atoms with Gasteiger partial charge in [0, 0.05) is 10.2 Å². The third-order valence-electron chi connectivity index (χ3n) is 3.27. The average Bonchev–Trinajstić information content (AvgIpc) is 2.84. The molecule has 0 bridgehead atoms. The van der Waals surface area contributed by atoms with E-state index in [9.17, 15) is 5.11 Å². The quantitative estimate of drug-likeness (QED) is 0.714. The lowest BCUT2D eigenvalue weighted by atomic mass is 10.2. The second-order valence-electron chi connectivity index (χ2n) is 4.59. The van der Waals surface area contributed by atoms with Gasteiger partial charge in [-0.25, -0.2) is 4.98 Å². The van der Waals surface area contributed by atoms with Gasteiger partial charge in [0.05, 0.1) is 23.8 Å². The molecule has 108 valence electrons. The Labute approximate surface area is 130 Å². The van der Waals surface area contributed by atoms with Crippen molar-refractivity contribution in [3.05, 3.63) is 46.7 Å². The van der Waals surface area contributed by atoms with E-state index in [0.717, 1.165) is 21.2 Å². The molecule has 0 saturated carbocycles. The van der Waals surface area contributed by atoms with E-state index in [1.54, 1.807) is 13.2 Å². The number of halogens is 1. The Morgan fingerprint density at radius 1 is 1.29 bits per heavy atom. The van der Waals surface area contributed by atoms with Crippen LogP contribution in [0, 0.1) is 0 Å². The molecule has 0 atom stereocenters. The molecule has 0 aliphatic rings. The van der Waals surface area contributed by atoms with Crippen LogP contribution < -0.4 is 10.5 Å². The van der Waals surface area contributed by atoms with Gasteiger partial charge in [0.25, 0.3) is 0 Å². The maximum Gasteiger partial charge on any atom is 0.142 e. The summed E-state index contributed by atoms with van der Waals surface area (Å²) in [5, 5.41) is 9.62. The molecule has 0 spiro atoms. The van der Waals surface area contributed by atoms with Gasteiger partial charge in [0.2, 0.25) is 0 Å². The minimum Gasteiger partial charge on any atom is -0.495 e. The van der Waals surface area contributed by atoms with Gasteiger partial charge in [0.1, 0.15) is 18.2 Å². The Bertz CT molecular complexity index is 814. The fourth-order valence-electron chi connectivity index (χ4n) is 2.36. The largest absolute Gasteiger partial charge is 0.495 e. The van der Waals surface area contributed by atoms with Crippen molar-refractivity contribution in [3.63, 3.8) is 0 Å². The molecule has 0 fully saturated rings. The first-order valence-corrected chi connectivity index (χ1v) is 7.15. The molecule has 2 aromatic carbocycles. The zero-order valence-corrected chi connectivity index (χ0v) is 13.0. The first-order valence-electron chi connectivity index (χ1n) is 6.35. The number of fused-ring (bicyclic) bond motifs is 1. The van der Waals surface area contributed by atoms with Crippen LogP contribution in [0.5, 0.6) is 5.75 Å². The number of nitrogen functional groups attached to an aromatic ring is 1. The Morgan fingerprint density at radius 2 is 2.10 bits per heavy atom. The number of aromatic nitrogens is 2. The molecule has 0 unspecified atom stereocenters. The van der Waals surface area contributed by atoms with E-state index >= 15 is 0 Å². The van der Waals surface area contributed by atoms with Crippen molar-refractivity contribution in [3.8, 4) is 11.4 Å². The molecule has 3 rings (SSSR count). The molecule has 5 nitrogen and oxygen atoms in total. The summed E-state index contributed by atoms with van der Waals surface area (Å²) >= 11 is 3.46. The molecular weight excluding hydrogens is 334 g/mol. The van der Waals surface area contributed by atoms with Crippen molar-refractivity contribution in [2.45, 2.75) is 6.61 Å². The van der Waals surface area contributed by atoms with Crippen LogP contribution in [0.1, 0.15) is 5.82 Å². The number of aliphatic hydroxyl groups is 1. The number of benzene rings is 2.